The highest BCUT2D eigenvalue weighted by atomic mass is 19.2. The summed E-state index contributed by atoms with van der Waals surface area (Å²) in [6.45, 7) is 2.11. The summed E-state index contributed by atoms with van der Waals surface area (Å²) in [5.41, 5.74) is 3.27. The number of halogens is 2. The van der Waals surface area contributed by atoms with E-state index in [2.05, 4.69) is 20.6 Å². The van der Waals surface area contributed by atoms with Gasteiger partial charge in [0.1, 0.15) is 5.56 Å². The van der Waals surface area contributed by atoms with Crippen LogP contribution in [-0.4, -0.2) is 27.5 Å². The Labute approximate surface area is 188 Å². The zero-order valence-corrected chi connectivity index (χ0v) is 18.0. The van der Waals surface area contributed by atoms with E-state index in [0.29, 0.717) is 5.56 Å². The highest BCUT2D eigenvalue weighted by Crippen LogP contribution is 2.26. The van der Waals surface area contributed by atoms with Gasteiger partial charge in [-0.25, -0.2) is 13.8 Å². The molecule has 0 fully saturated rings. The summed E-state index contributed by atoms with van der Waals surface area (Å²) in [5, 5.41) is 6.84. The topological polar surface area (TPSA) is 88.9 Å². The molecule has 2 aromatic carbocycles. The molecule has 0 aliphatic rings. The maximum Gasteiger partial charge on any atom is 0.266 e. The van der Waals surface area contributed by atoms with E-state index in [1.54, 1.807) is 6.20 Å². The molecule has 4 rings (SSSR count). The van der Waals surface area contributed by atoms with Crippen molar-refractivity contribution in [3.05, 3.63) is 99.4 Å². The first-order chi connectivity index (χ1) is 15.9. The zero-order valence-electron chi connectivity index (χ0n) is 18.0. The minimum Gasteiger partial charge on any atom is -0.387 e. The van der Waals surface area contributed by atoms with Crippen molar-refractivity contribution in [1.29, 1.82) is 0 Å². The fourth-order valence-corrected chi connectivity index (χ4v) is 3.61. The van der Waals surface area contributed by atoms with Crippen LogP contribution in [0.3, 0.4) is 0 Å². The predicted octanol–water partition coefficient (Wildman–Crippen LogP) is 3.40. The van der Waals surface area contributed by atoms with Gasteiger partial charge in [0.25, 0.3) is 11.5 Å². The first-order valence-corrected chi connectivity index (χ1v) is 10.2. The Hall–Kier alpha value is -4.14. The minimum absolute atomic E-state index is 0.0476. The van der Waals surface area contributed by atoms with E-state index in [1.165, 1.54) is 23.2 Å². The molecular formula is C24H21F2N5O2. The molecule has 2 N–H and O–H groups in total. The summed E-state index contributed by atoms with van der Waals surface area (Å²) in [7, 11) is 1.84. The second-order valence-electron chi connectivity index (χ2n) is 7.59. The van der Waals surface area contributed by atoms with Crippen LogP contribution >= 0.6 is 0 Å². The number of anilines is 1. The first kappa shape index (κ1) is 22.1. The quantitative estimate of drug-likeness (QED) is 0.471. The number of benzene rings is 2. The summed E-state index contributed by atoms with van der Waals surface area (Å²) in [4.78, 5) is 33.8. The molecule has 0 aliphatic carbocycles. The molecule has 0 saturated heterocycles. The summed E-state index contributed by atoms with van der Waals surface area (Å²) in [6, 6.07) is 9.02. The van der Waals surface area contributed by atoms with Crippen molar-refractivity contribution in [2.24, 2.45) is 0 Å². The van der Waals surface area contributed by atoms with Gasteiger partial charge in [0.15, 0.2) is 11.6 Å². The van der Waals surface area contributed by atoms with E-state index in [4.69, 9.17) is 0 Å². The minimum atomic E-state index is -1.01. The van der Waals surface area contributed by atoms with Crippen LogP contribution in [0, 0.1) is 18.6 Å². The third-order valence-electron chi connectivity index (χ3n) is 5.31. The van der Waals surface area contributed by atoms with Gasteiger partial charge in [-0.2, -0.15) is 0 Å². The maximum absolute atomic E-state index is 13.5. The lowest BCUT2D eigenvalue weighted by molar-refractivity contribution is 0.0948. The molecule has 4 aromatic rings. The number of nitrogens with zero attached hydrogens (tertiary/aromatic N) is 3. The number of aromatic nitrogens is 3. The number of pyridine rings is 1. The fourth-order valence-electron chi connectivity index (χ4n) is 3.61. The molecule has 7 nitrogen and oxygen atoms in total. The number of nitrogens with one attached hydrogen (secondary N) is 2. The van der Waals surface area contributed by atoms with Gasteiger partial charge >= 0.3 is 0 Å². The fraction of sp³-hybridized carbons (Fsp3) is 0.167. The van der Waals surface area contributed by atoms with Crippen LogP contribution in [0.5, 0.6) is 0 Å². The van der Waals surface area contributed by atoms with E-state index in [9.17, 15) is 18.4 Å². The van der Waals surface area contributed by atoms with Gasteiger partial charge in [0, 0.05) is 37.1 Å². The van der Waals surface area contributed by atoms with E-state index < -0.39 is 23.1 Å². The molecule has 2 aromatic heterocycles. The number of carbonyl (C=O) groups excluding carboxylic acids is 1. The number of aryl methyl sites for hydroxylation is 1. The number of hydrogen-bond acceptors (Lipinski definition) is 5. The molecule has 0 radical (unpaired) electrons. The number of fused-ring (bicyclic) bond motifs is 1. The van der Waals surface area contributed by atoms with Crippen LogP contribution in [0.1, 0.15) is 27.0 Å². The van der Waals surface area contributed by atoms with Crippen molar-refractivity contribution < 1.29 is 13.6 Å². The Kier molecular flexibility index (Phi) is 6.12. The highest BCUT2D eigenvalue weighted by Gasteiger charge is 2.14. The number of hydrogen-bond donors (Lipinski definition) is 2. The van der Waals surface area contributed by atoms with Crippen molar-refractivity contribution in [3.8, 4) is 0 Å². The molecule has 0 saturated carbocycles. The molecule has 0 bridgehead atoms. The SMILES string of the molecule is CNc1c(C)cnc2ccc(CNC(=O)c3cncn(Cc4ccc(F)c(F)c4)c3=O)cc12. The Bertz CT molecular complexity index is 1420. The molecule has 168 valence electrons. The standard InChI is InChI=1S/C24H21F2N5O2/c1-14-9-29-21-6-4-15(7-17(21)22(14)27-2)10-30-23(32)18-11-28-13-31(24(18)33)12-16-3-5-19(25)20(26)8-16/h3-9,11,13H,10,12H2,1-2H3,(H,27,29)(H,30,32). The lowest BCUT2D eigenvalue weighted by Crippen LogP contribution is -2.33. The Morgan fingerprint density at radius 1 is 1.06 bits per heavy atom. The molecule has 0 aliphatic heterocycles. The van der Waals surface area contributed by atoms with E-state index in [0.717, 1.165) is 39.8 Å². The Morgan fingerprint density at radius 2 is 1.85 bits per heavy atom. The van der Waals surface area contributed by atoms with Crippen LogP contribution in [0.4, 0.5) is 14.5 Å². The summed E-state index contributed by atoms with van der Waals surface area (Å²) >= 11 is 0. The Morgan fingerprint density at radius 3 is 2.61 bits per heavy atom. The van der Waals surface area contributed by atoms with Gasteiger partial charge in [0.2, 0.25) is 0 Å². The average Bonchev–Trinajstić information content (AvgIpc) is 2.81. The van der Waals surface area contributed by atoms with Gasteiger partial charge in [0.05, 0.1) is 18.4 Å². The van der Waals surface area contributed by atoms with Gasteiger partial charge in [-0.05, 0) is 47.9 Å². The van der Waals surface area contributed by atoms with Crippen LogP contribution < -0.4 is 16.2 Å². The molecule has 2 heterocycles. The molecular weight excluding hydrogens is 428 g/mol. The number of carbonyl (C=O) groups is 1. The molecule has 0 atom stereocenters. The van der Waals surface area contributed by atoms with Crippen molar-refractivity contribution in [3.63, 3.8) is 0 Å². The first-order valence-electron chi connectivity index (χ1n) is 10.2. The van der Waals surface area contributed by atoms with Gasteiger partial charge < -0.3 is 10.6 Å². The van der Waals surface area contributed by atoms with Gasteiger partial charge in [-0.15, -0.1) is 0 Å². The van der Waals surface area contributed by atoms with Crippen molar-refractivity contribution >= 4 is 22.5 Å². The second-order valence-corrected chi connectivity index (χ2v) is 7.59. The molecule has 1 amide bonds. The van der Waals surface area contributed by atoms with Gasteiger partial charge in [-0.3, -0.25) is 19.1 Å². The number of rotatable bonds is 6. The highest BCUT2D eigenvalue weighted by molar-refractivity contribution is 5.94. The monoisotopic (exact) mass is 449 g/mol. The number of amides is 1. The maximum atomic E-state index is 13.5. The lowest BCUT2D eigenvalue weighted by Gasteiger charge is -2.11. The van der Waals surface area contributed by atoms with Gasteiger partial charge in [-0.1, -0.05) is 12.1 Å². The second kappa shape index (κ2) is 9.15. The van der Waals surface area contributed by atoms with Crippen molar-refractivity contribution in [2.45, 2.75) is 20.0 Å². The van der Waals surface area contributed by atoms with Crippen molar-refractivity contribution in [2.75, 3.05) is 12.4 Å². The predicted molar refractivity (Wildman–Crippen MR) is 121 cm³/mol. The molecule has 9 heteroatoms. The van der Waals surface area contributed by atoms with Crippen LogP contribution in [0.15, 0.2) is 59.9 Å². The third kappa shape index (κ3) is 4.57. The largest absolute Gasteiger partial charge is 0.387 e. The van der Waals surface area contributed by atoms with E-state index in [-0.39, 0.29) is 18.7 Å². The molecule has 0 spiro atoms. The third-order valence-corrected chi connectivity index (χ3v) is 5.31. The summed E-state index contributed by atoms with van der Waals surface area (Å²) < 4.78 is 27.8. The Balaban J connectivity index is 1.52. The van der Waals surface area contributed by atoms with E-state index in [1.807, 2.05) is 32.2 Å². The summed E-state index contributed by atoms with van der Waals surface area (Å²) in [6.07, 6.45) is 4.23. The van der Waals surface area contributed by atoms with Crippen LogP contribution in [-0.2, 0) is 13.1 Å². The van der Waals surface area contributed by atoms with Crippen LogP contribution in [0.25, 0.3) is 10.9 Å². The van der Waals surface area contributed by atoms with Crippen LogP contribution in [0.2, 0.25) is 0 Å². The van der Waals surface area contributed by atoms with E-state index >= 15 is 0 Å². The zero-order chi connectivity index (χ0) is 23.5. The summed E-state index contributed by atoms with van der Waals surface area (Å²) in [5.74, 6) is -2.56. The average molecular weight is 449 g/mol. The molecule has 33 heavy (non-hydrogen) atoms. The normalized spacial score (nSPS) is 10.9. The van der Waals surface area contributed by atoms with Crippen molar-refractivity contribution in [1.82, 2.24) is 19.9 Å². The molecule has 0 unspecified atom stereocenters. The lowest BCUT2D eigenvalue weighted by atomic mass is 10.1. The smallest absolute Gasteiger partial charge is 0.266 e.